The lowest BCUT2D eigenvalue weighted by Gasteiger charge is -2.46. The molecular formula is C21H33N7O. The van der Waals surface area contributed by atoms with Gasteiger partial charge in [-0.1, -0.05) is 0 Å². The third-order valence-electron chi connectivity index (χ3n) is 5.57. The number of nitrogens with zero attached hydrogens (tertiary/aromatic N) is 6. The van der Waals surface area contributed by atoms with Gasteiger partial charge in [0, 0.05) is 50.5 Å². The van der Waals surface area contributed by atoms with E-state index in [2.05, 4.69) is 53.1 Å². The lowest BCUT2D eigenvalue weighted by molar-refractivity contribution is 0.0159. The van der Waals surface area contributed by atoms with Crippen molar-refractivity contribution in [2.24, 2.45) is 0 Å². The van der Waals surface area contributed by atoms with Gasteiger partial charge in [0.2, 0.25) is 0 Å². The number of carbonyl (C=O) groups excluding carboxylic acids is 1. The van der Waals surface area contributed by atoms with Crippen molar-refractivity contribution < 1.29 is 4.79 Å². The fourth-order valence-electron chi connectivity index (χ4n) is 4.32. The molecule has 2 aromatic heterocycles. The van der Waals surface area contributed by atoms with Crippen LogP contribution < -0.4 is 5.32 Å². The predicted octanol–water partition coefficient (Wildman–Crippen LogP) is 2.43. The first-order valence-electron chi connectivity index (χ1n) is 10.5. The first-order valence-corrected chi connectivity index (χ1v) is 10.5. The van der Waals surface area contributed by atoms with E-state index in [-0.39, 0.29) is 5.91 Å². The minimum atomic E-state index is 0.0641. The molecule has 0 saturated carbocycles. The number of aromatic nitrogens is 4. The molecule has 8 nitrogen and oxygen atoms in total. The van der Waals surface area contributed by atoms with Crippen LogP contribution >= 0.6 is 0 Å². The molecular weight excluding hydrogens is 366 g/mol. The second-order valence-corrected chi connectivity index (χ2v) is 8.23. The van der Waals surface area contributed by atoms with Crippen LogP contribution in [0.1, 0.15) is 50.3 Å². The summed E-state index contributed by atoms with van der Waals surface area (Å²) < 4.78 is 2.03. The summed E-state index contributed by atoms with van der Waals surface area (Å²) in [6.07, 6.45) is 4.37. The van der Waals surface area contributed by atoms with Crippen molar-refractivity contribution in [2.75, 3.05) is 25.0 Å². The molecule has 1 N–H and O–H groups in total. The molecule has 1 saturated heterocycles. The molecule has 1 aliphatic rings. The Kier molecular flexibility index (Phi) is 6.84. The second kappa shape index (κ2) is 9.35. The number of amides is 1. The second-order valence-electron chi connectivity index (χ2n) is 8.23. The van der Waals surface area contributed by atoms with E-state index >= 15 is 0 Å². The van der Waals surface area contributed by atoms with Crippen molar-refractivity contribution in [3.05, 3.63) is 36.0 Å². The first-order chi connectivity index (χ1) is 13.9. The number of aryl methyl sites for hydroxylation is 2. The van der Waals surface area contributed by atoms with Crippen LogP contribution in [-0.2, 0) is 6.54 Å². The highest BCUT2D eigenvalue weighted by Gasteiger charge is 2.33. The first kappa shape index (κ1) is 21.2. The van der Waals surface area contributed by atoms with Crippen LogP contribution in [0.4, 0.5) is 5.82 Å². The molecule has 0 unspecified atom stereocenters. The van der Waals surface area contributed by atoms with Crippen molar-refractivity contribution in [1.29, 1.82) is 0 Å². The normalized spacial score (nSPS) is 20.3. The fourth-order valence-corrected chi connectivity index (χ4v) is 4.32. The Bertz CT molecular complexity index is 790. The van der Waals surface area contributed by atoms with Crippen molar-refractivity contribution in [1.82, 2.24) is 29.5 Å². The summed E-state index contributed by atoms with van der Waals surface area (Å²) in [6.45, 7) is 13.9. The van der Waals surface area contributed by atoms with Crippen LogP contribution in [0.15, 0.2) is 24.7 Å². The molecule has 1 fully saturated rings. The van der Waals surface area contributed by atoms with Gasteiger partial charge < -0.3 is 14.8 Å². The number of rotatable bonds is 7. The number of carbonyl (C=O) groups is 1. The minimum absolute atomic E-state index is 0.0641. The van der Waals surface area contributed by atoms with Gasteiger partial charge in [-0.2, -0.15) is 0 Å². The van der Waals surface area contributed by atoms with Crippen molar-refractivity contribution in [2.45, 2.75) is 65.7 Å². The maximum absolute atomic E-state index is 12.9. The molecule has 0 aromatic carbocycles. The third kappa shape index (κ3) is 5.12. The average molecular weight is 400 g/mol. The number of piperazine rings is 1. The molecule has 1 amide bonds. The van der Waals surface area contributed by atoms with E-state index < -0.39 is 0 Å². The monoisotopic (exact) mass is 399 g/mol. The van der Waals surface area contributed by atoms with E-state index in [1.807, 2.05) is 28.5 Å². The molecule has 0 spiro atoms. The lowest BCUT2D eigenvalue weighted by atomic mass is 10.0. The van der Waals surface area contributed by atoms with Gasteiger partial charge in [0.25, 0.3) is 5.91 Å². The SMILES string of the molecule is Cc1nncn1CCCNc1ccc(C(=O)N2C[C@@H](C)N(C(C)C)[C@@H](C)C2)cn1. The maximum Gasteiger partial charge on any atom is 0.255 e. The smallest absolute Gasteiger partial charge is 0.255 e. The van der Waals surface area contributed by atoms with Crippen LogP contribution in [0.5, 0.6) is 0 Å². The average Bonchev–Trinajstić information content (AvgIpc) is 3.09. The predicted molar refractivity (Wildman–Crippen MR) is 114 cm³/mol. The van der Waals surface area contributed by atoms with E-state index in [0.29, 0.717) is 23.7 Å². The van der Waals surface area contributed by atoms with Crippen molar-refractivity contribution in [3.63, 3.8) is 0 Å². The zero-order valence-electron chi connectivity index (χ0n) is 18.2. The Morgan fingerprint density at radius 2 is 1.97 bits per heavy atom. The van der Waals surface area contributed by atoms with Crippen molar-refractivity contribution in [3.8, 4) is 0 Å². The van der Waals surface area contributed by atoms with Crippen LogP contribution in [0, 0.1) is 6.92 Å². The van der Waals surface area contributed by atoms with Gasteiger partial charge in [0.1, 0.15) is 18.0 Å². The van der Waals surface area contributed by atoms with E-state index in [4.69, 9.17) is 0 Å². The van der Waals surface area contributed by atoms with E-state index in [1.165, 1.54) is 0 Å². The number of pyridine rings is 1. The Morgan fingerprint density at radius 3 is 2.52 bits per heavy atom. The molecule has 8 heteroatoms. The molecule has 3 rings (SSSR count). The van der Waals surface area contributed by atoms with E-state index in [9.17, 15) is 4.79 Å². The van der Waals surface area contributed by atoms with Crippen LogP contribution in [0.25, 0.3) is 0 Å². The Morgan fingerprint density at radius 1 is 1.24 bits per heavy atom. The quantitative estimate of drug-likeness (QED) is 0.721. The molecule has 1 aliphatic heterocycles. The van der Waals surface area contributed by atoms with Gasteiger partial charge in [0.05, 0.1) is 5.56 Å². The van der Waals surface area contributed by atoms with Gasteiger partial charge in [-0.15, -0.1) is 10.2 Å². The Labute approximate surface area is 173 Å². The summed E-state index contributed by atoms with van der Waals surface area (Å²) in [5, 5.41) is 11.2. The van der Waals surface area contributed by atoms with Gasteiger partial charge in [-0.3, -0.25) is 9.69 Å². The fraction of sp³-hybridized carbons (Fsp3) is 0.619. The Balaban J connectivity index is 1.50. The molecule has 2 atom stereocenters. The summed E-state index contributed by atoms with van der Waals surface area (Å²) in [7, 11) is 0. The third-order valence-corrected chi connectivity index (χ3v) is 5.57. The summed E-state index contributed by atoms with van der Waals surface area (Å²) in [4.78, 5) is 21.8. The summed E-state index contributed by atoms with van der Waals surface area (Å²) in [6, 6.07) is 4.94. The maximum atomic E-state index is 12.9. The molecule has 0 radical (unpaired) electrons. The highest BCUT2D eigenvalue weighted by Crippen LogP contribution is 2.20. The number of hydrogen-bond acceptors (Lipinski definition) is 6. The zero-order valence-corrected chi connectivity index (χ0v) is 18.2. The molecule has 158 valence electrons. The lowest BCUT2D eigenvalue weighted by Crippen LogP contribution is -2.59. The number of nitrogens with one attached hydrogen (secondary N) is 1. The van der Waals surface area contributed by atoms with E-state index in [0.717, 1.165) is 44.2 Å². The van der Waals surface area contributed by atoms with E-state index in [1.54, 1.807) is 12.5 Å². The van der Waals surface area contributed by atoms with Crippen LogP contribution in [-0.4, -0.2) is 73.2 Å². The molecule has 0 aliphatic carbocycles. The van der Waals surface area contributed by atoms with Gasteiger partial charge in [-0.05, 0) is 53.2 Å². The highest BCUT2D eigenvalue weighted by molar-refractivity contribution is 5.94. The van der Waals surface area contributed by atoms with Gasteiger partial charge in [-0.25, -0.2) is 4.98 Å². The molecule has 0 bridgehead atoms. The molecule has 2 aromatic rings. The summed E-state index contributed by atoms with van der Waals surface area (Å²) >= 11 is 0. The Hall–Kier alpha value is -2.48. The van der Waals surface area contributed by atoms with Crippen molar-refractivity contribution >= 4 is 11.7 Å². The topological polar surface area (TPSA) is 79.2 Å². The van der Waals surface area contributed by atoms with Crippen LogP contribution in [0.3, 0.4) is 0 Å². The number of hydrogen-bond donors (Lipinski definition) is 1. The van der Waals surface area contributed by atoms with Crippen LogP contribution in [0.2, 0.25) is 0 Å². The molecule has 3 heterocycles. The minimum Gasteiger partial charge on any atom is -0.370 e. The van der Waals surface area contributed by atoms with Gasteiger partial charge >= 0.3 is 0 Å². The highest BCUT2D eigenvalue weighted by atomic mass is 16.2. The van der Waals surface area contributed by atoms with Gasteiger partial charge in [0.15, 0.2) is 0 Å². The molecule has 29 heavy (non-hydrogen) atoms. The summed E-state index contributed by atoms with van der Waals surface area (Å²) in [5.41, 5.74) is 0.646. The largest absolute Gasteiger partial charge is 0.370 e. The standard InChI is InChI=1S/C21H33N7O/c1-15(2)28-16(3)12-27(13-17(28)4)21(29)19-7-8-20(23-11-19)22-9-6-10-26-14-24-25-18(26)5/h7-8,11,14-17H,6,9-10,12-13H2,1-5H3,(H,22,23)/t16-,17+. The summed E-state index contributed by atoms with van der Waals surface area (Å²) in [5.74, 6) is 1.77. The zero-order chi connectivity index (χ0) is 21.0. The number of anilines is 1.